The average Bonchev–Trinajstić information content (AvgIpc) is 3.61. The van der Waals surface area contributed by atoms with Crippen molar-refractivity contribution in [2.24, 2.45) is 0 Å². The van der Waals surface area contributed by atoms with E-state index >= 15 is 0 Å². The minimum atomic E-state index is -4.37. The second-order valence-electron chi connectivity index (χ2n) is 9.91. The zero-order chi connectivity index (χ0) is 27.6. The van der Waals surface area contributed by atoms with Gasteiger partial charge in [-0.2, -0.15) is 13.2 Å². The third-order valence-corrected chi connectivity index (χ3v) is 7.12. The fourth-order valence-electron chi connectivity index (χ4n) is 4.93. The van der Waals surface area contributed by atoms with E-state index in [0.29, 0.717) is 5.69 Å². The second kappa shape index (κ2) is 10.9. The van der Waals surface area contributed by atoms with E-state index in [1.54, 1.807) is 24.5 Å². The predicted molar refractivity (Wildman–Crippen MR) is 145 cm³/mol. The van der Waals surface area contributed by atoms with Crippen molar-refractivity contribution in [3.05, 3.63) is 78.6 Å². The number of carbonyl (C=O) groups is 2. The Labute approximate surface area is 224 Å². The number of nitrogens with zero attached hydrogens (tertiary/aromatic N) is 3. The van der Waals surface area contributed by atoms with Crippen LogP contribution < -0.4 is 5.32 Å². The van der Waals surface area contributed by atoms with Gasteiger partial charge in [0.25, 0.3) is 0 Å². The van der Waals surface area contributed by atoms with Gasteiger partial charge in [0, 0.05) is 30.9 Å². The molecule has 0 spiro atoms. The fraction of sp³-hybridized carbons (Fsp3) is 0.300. The molecule has 1 aromatic heterocycles. The number of halogens is 3. The normalized spacial score (nSPS) is 14.5. The quantitative estimate of drug-likeness (QED) is 0.287. The molecule has 2 heterocycles. The molecule has 1 aliphatic rings. The number of hydrogen-bond donors (Lipinski definition) is 1. The maximum Gasteiger partial charge on any atom is 0.389 e. The summed E-state index contributed by atoms with van der Waals surface area (Å²) in [5.41, 5.74) is 5.75. The van der Waals surface area contributed by atoms with Crippen molar-refractivity contribution in [2.45, 2.75) is 44.7 Å². The molecule has 1 aliphatic heterocycles. The van der Waals surface area contributed by atoms with Gasteiger partial charge in [-0.1, -0.05) is 36.4 Å². The number of nitrogens with one attached hydrogen (secondary N) is 1. The van der Waals surface area contributed by atoms with Crippen molar-refractivity contribution in [1.29, 1.82) is 0 Å². The molecule has 1 N–H and O–H groups in total. The van der Waals surface area contributed by atoms with Crippen molar-refractivity contribution in [1.82, 2.24) is 14.5 Å². The van der Waals surface area contributed by atoms with Crippen molar-refractivity contribution in [2.75, 3.05) is 18.4 Å². The van der Waals surface area contributed by atoms with Gasteiger partial charge in [0.2, 0.25) is 11.8 Å². The summed E-state index contributed by atoms with van der Waals surface area (Å²) in [5.74, 6) is -0.692. The Hall–Kier alpha value is -4.14. The van der Waals surface area contributed by atoms with E-state index in [0.717, 1.165) is 59.3 Å². The van der Waals surface area contributed by atoms with Gasteiger partial charge in [0.05, 0.1) is 23.4 Å². The highest BCUT2D eigenvalue weighted by molar-refractivity contribution is 5.91. The molecule has 4 aromatic rings. The number of carbonyl (C=O) groups excluding carboxylic acids is 2. The molecule has 9 heteroatoms. The van der Waals surface area contributed by atoms with Crippen molar-refractivity contribution >= 4 is 28.5 Å². The summed E-state index contributed by atoms with van der Waals surface area (Å²) in [6, 6.07) is 20.9. The zero-order valence-electron chi connectivity index (χ0n) is 21.5. The molecular formula is C30H29F3N4O2. The summed E-state index contributed by atoms with van der Waals surface area (Å²) >= 11 is 0. The summed E-state index contributed by atoms with van der Waals surface area (Å²) in [6.45, 7) is 3.64. The molecule has 6 nitrogen and oxygen atoms in total. The first-order valence-corrected chi connectivity index (χ1v) is 13.0. The Morgan fingerprint density at radius 1 is 0.974 bits per heavy atom. The van der Waals surface area contributed by atoms with Gasteiger partial charge in [-0.15, -0.1) is 0 Å². The van der Waals surface area contributed by atoms with E-state index in [9.17, 15) is 22.8 Å². The number of imidazole rings is 1. The number of benzene rings is 3. The average molecular weight is 535 g/mol. The summed E-state index contributed by atoms with van der Waals surface area (Å²) < 4.78 is 39.1. The van der Waals surface area contributed by atoms with Gasteiger partial charge in [-0.05, 0) is 66.8 Å². The largest absolute Gasteiger partial charge is 0.389 e. The maximum atomic E-state index is 12.8. The first-order valence-electron chi connectivity index (χ1n) is 13.0. The van der Waals surface area contributed by atoms with Gasteiger partial charge in [0.15, 0.2) is 0 Å². The van der Waals surface area contributed by atoms with Crippen LogP contribution in [0.15, 0.2) is 73.1 Å². The Morgan fingerprint density at radius 3 is 2.41 bits per heavy atom. The van der Waals surface area contributed by atoms with Crippen molar-refractivity contribution in [3.63, 3.8) is 0 Å². The van der Waals surface area contributed by atoms with Crippen molar-refractivity contribution in [3.8, 4) is 16.8 Å². The predicted octanol–water partition coefficient (Wildman–Crippen LogP) is 6.70. The van der Waals surface area contributed by atoms with Crippen molar-refractivity contribution < 1.29 is 22.8 Å². The lowest BCUT2D eigenvalue weighted by atomic mass is 9.96. The van der Waals surface area contributed by atoms with Crippen LogP contribution in [-0.4, -0.2) is 45.5 Å². The smallest absolute Gasteiger partial charge is 0.342 e. The van der Waals surface area contributed by atoms with Crippen LogP contribution >= 0.6 is 0 Å². The van der Waals surface area contributed by atoms with E-state index in [2.05, 4.69) is 10.3 Å². The van der Waals surface area contributed by atoms with E-state index in [-0.39, 0.29) is 11.8 Å². The van der Waals surface area contributed by atoms with Crippen LogP contribution in [0.1, 0.15) is 44.1 Å². The monoisotopic (exact) mass is 534 g/mol. The summed E-state index contributed by atoms with van der Waals surface area (Å²) in [4.78, 5) is 31.2. The molecule has 0 bridgehead atoms. The number of alkyl halides is 3. The summed E-state index contributed by atoms with van der Waals surface area (Å²) in [6.07, 6.45) is -2.34. The number of aromatic nitrogens is 2. The Balaban J connectivity index is 1.31. The lowest BCUT2D eigenvalue weighted by Crippen LogP contribution is -2.31. The minimum absolute atomic E-state index is 0.178. The van der Waals surface area contributed by atoms with Gasteiger partial charge >= 0.3 is 6.18 Å². The Bertz CT molecular complexity index is 1490. The second-order valence-corrected chi connectivity index (χ2v) is 9.91. The molecular weight excluding hydrogens is 505 g/mol. The van der Waals surface area contributed by atoms with E-state index < -0.39 is 24.9 Å². The van der Waals surface area contributed by atoms with E-state index in [1.165, 1.54) is 0 Å². The lowest BCUT2D eigenvalue weighted by molar-refractivity contribution is -0.142. The van der Waals surface area contributed by atoms with Crippen LogP contribution in [0.5, 0.6) is 0 Å². The molecule has 5 rings (SSSR count). The maximum absolute atomic E-state index is 12.8. The molecule has 2 amide bonds. The molecule has 3 aromatic carbocycles. The molecule has 0 aliphatic carbocycles. The molecule has 1 fully saturated rings. The Morgan fingerprint density at radius 2 is 1.69 bits per heavy atom. The lowest BCUT2D eigenvalue weighted by Gasteiger charge is -2.20. The number of anilines is 1. The van der Waals surface area contributed by atoms with Gasteiger partial charge in [-0.25, -0.2) is 4.98 Å². The minimum Gasteiger partial charge on any atom is -0.342 e. The van der Waals surface area contributed by atoms with Crippen LogP contribution in [0.4, 0.5) is 18.9 Å². The third-order valence-electron chi connectivity index (χ3n) is 7.12. The number of fused-ring (bicyclic) bond motifs is 1. The van der Waals surface area contributed by atoms with Crippen LogP contribution in [0.25, 0.3) is 27.8 Å². The highest BCUT2D eigenvalue weighted by Gasteiger charge is 2.28. The fourth-order valence-corrected chi connectivity index (χ4v) is 4.93. The highest BCUT2D eigenvalue weighted by atomic mass is 19.4. The van der Waals surface area contributed by atoms with E-state index in [4.69, 9.17) is 0 Å². The summed E-state index contributed by atoms with van der Waals surface area (Å²) in [7, 11) is 0. The van der Waals surface area contributed by atoms with Crippen LogP contribution in [0.2, 0.25) is 0 Å². The third kappa shape index (κ3) is 6.13. The van der Waals surface area contributed by atoms with Gasteiger partial charge in [-0.3, -0.25) is 14.2 Å². The molecule has 1 atom stereocenters. The molecule has 0 radical (unpaired) electrons. The van der Waals surface area contributed by atoms with E-state index in [1.807, 2.05) is 64.9 Å². The SMILES string of the molecule is CC(C(=O)N1CCCC1)c1ccc(-c2ccc3c(c2)ncn3-c2cccc(NC(=O)CCC(F)(F)F)c2)cc1. The zero-order valence-corrected chi connectivity index (χ0v) is 21.5. The number of likely N-dealkylation sites (tertiary alicyclic amines) is 1. The number of rotatable bonds is 7. The van der Waals surface area contributed by atoms with Gasteiger partial charge < -0.3 is 10.2 Å². The number of hydrogen-bond acceptors (Lipinski definition) is 3. The molecule has 39 heavy (non-hydrogen) atoms. The standard InChI is InChI=1S/C30H29F3N4O2/c1-20(29(39)36-15-2-3-16-36)21-7-9-22(10-8-21)23-11-12-27-26(17-23)34-19-37(27)25-6-4-5-24(18-25)35-28(38)13-14-30(31,32)33/h4-12,17-20H,2-3,13-16H2,1H3,(H,35,38). The van der Waals surface area contributed by atoms with Crippen LogP contribution in [-0.2, 0) is 9.59 Å². The Kier molecular flexibility index (Phi) is 7.41. The molecule has 0 saturated carbocycles. The van der Waals surface area contributed by atoms with Crippen LogP contribution in [0.3, 0.4) is 0 Å². The highest BCUT2D eigenvalue weighted by Crippen LogP contribution is 2.29. The molecule has 1 saturated heterocycles. The van der Waals surface area contributed by atoms with Gasteiger partial charge in [0.1, 0.15) is 6.33 Å². The molecule has 1 unspecified atom stereocenters. The summed E-state index contributed by atoms with van der Waals surface area (Å²) in [5, 5.41) is 2.53. The number of amides is 2. The first kappa shape index (κ1) is 26.5. The van der Waals surface area contributed by atoms with Crippen LogP contribution in [0, 0.1) is 0 Å². The first-order chi connectivity index (χ1) is 18.7. The topological polar surface area (TPSA) is 67.2 Å². The molecule has 202 valence electrons.